The molecule has 1 atom stereocenters. The number of nitrogens with zero attached hydrogens (tertiary/aromatic N) is 1. The van der Waals surface area contributed by atoms with Crippen LogP contribution < -0.4 is 4.74 Å². The Labute approximate surface area is 138 Å². The van der Waals surface area contributed by atoms with Gasteiger partial charge in [-0.2, -0.15) is 4.31 Å². The number of halogens is 2. The van der Waals surface area contributed by atoms with Crippen molar-refractivity contribution < 1.29 is 18.3 Å². The van der Waals surface area contributed by atoms with E-state index in [1.807, 2.05) is 0 Å². The van der Waals surface area contributed by atoms with E-state index in [1.54, 1.807) is 6.07 Å². The van der Waals surface area contributed by atoms with Crippen molar-refractivity contribution in [1.82, 2.24) is 4.31 Å². The highest BCUT2D eigenvalue weighted by atomic mass is 79.9. The van der Waals surface area contributed by atoms with Crippen molar-refractivity contribution in [2.24, 2.45) is 5.92 Å². The van der Waals surface area contributed by atoms with Crippen LogP contribution in [0.5, 0.6) is 5.75 Å². The molecule has 1 N–H and O–H groups in total. The predicted molar refractivity (Wildman–Crippen MR) is 84.3 cm³/mol. The third-order valence-corrected chi connectivity index (χ3v) is 6.26. The van der Waals surface area contributed by atoms with Gasteiger partial charge in [-0.15, -0.1) is 0 Å². The molecular formula is C13H17BrClNO4S. The van der Waals surface area contributed by atoms with Gasteiger partial charge in [0.05, 0.1) is 11.6 Å². The number of hydrogen-bond acceptors (Lipinski definition) is 4. The Morgan fingerprint density at radius 2 is 2.24 bits per heavy atom. The highest BCUT2D eigenvalue weighted by molar-refractivity contribution is 9.10. The van der Waals surface area contributed by atoms with Gasteiger partial charge >= 0.3 is 0 Å². The summed E-state index contributed by atoms with van der Waals surface area (Å²) in [6.45, 7) is 0.932. The lowest BCUT2D eigenvalue weighted by molar-refractivity contribution is 0.259. The second kappa shape index (κ2) is 6.83. The number of rotatable bonds is 5. The maximum atomic E-state index is 12.8. The molecule has 0 amide bonds. The van der Waals surface area contributed by atoms with E-state index in [0.29, 0.717) is 29.0 Å². The first-order valence-electron chi connectivity index (χ1n) is 6.54. The van der Waals surface area contributed by atoms with Gasteiger partial charge in [0.25, 0.3) is 0 Å². The molecule has 0 bridgehead atoms. The van der Waals surface area contributed by atoms with Crippen LogP contribution in [-0.2, 0) is 10.0 Å². The molecule has 21 heavy (non-hydrogen) atoms. The van der Waals surface area contributed by atoms with Gasteiger partial charge in [-0.1, -0.05) is 11.6 Å². The lowest BCUT2D eigenvalue weighted by Gasteiger charge is -2.19. The summed E-state index contributed by atoms with van der Waals surface area (Å²) < 4.78 is 32.7. The van der Waals surface area contributed by atoms with Crippen LogP contribution in [0.4, 0.5) is 0 Å². The van der Waals surface area contributed by atoms with Gasteiger partial charge in [0.15, 0.2) is 5.75 Å². The molecule has 0 aliphatic carbocycles. The smallest absolute Gasteiger partial charge is 0.246 e. The van der Waals surface area contributed by atoms with E-state index < -0.39 is 10.0 Å². The Balaban J connectivity index is 2.37. The van der Waals surface area contributed by atoms with Crippen LogP contribution in [0.3, 0.4) is 0 Å². The summed E-state index contributed by atoms with van der Waals surface area (Å²) in [5.41, 5.74) is 0. The molecule has 1 aromatic rings. The number of ether oxygens (including phenoxy) is 1. The molecule has 1 aromatic carbocycles. The van der Waals surface area contributed by atoms with E-state index in [2.05, 4.69) is 15.9 Å². The van der Waals surface area contributed by atoms with E-state index >= 15 is 0 Å². The second-order valence-electron chi connectivity index (χ2n) is 4.95. The fourth-order valence-electron chi connectivity index (χ4n) is 2.50. The van der Waals surface area contributed by atoms with Crippen LogP contribution in [0.15, 0.2) is 21.5 Å². The molecular weight excluding hydrogens is 382 g/mol. The SMILES string of the molecule is COc1c(Br)cc(Cl)cc1S(=O)(=O)N1CCC(CCO)C1. The van der Waals surface area contributed by atoms with Crippen molar-refractivity contribution in [3.63, 3.8) is 0 Å². The molecule has 1 aliphatic rings. The van der Waals surface area contributed by atoms with Crippen molar-refractivity contribution >= 4 is 37.6 Å². The van der Waals surface area contributed by atoms with Gasteiger partial charge in [0, 0.05) is 24.7 Å². The number of aliphatic hydroxyl groups excluding tert-OH is 1. The molecule has 5 nitrogen and oxygen atoms in total. The topological polar surface area (TPSA) is 66.8 Å². The minimum Gasteiger partial charge on any atom is -0.494 e. The first kappa shape index (κ1) is 17.0. The van der Waals surface area contributed by atoms with Crippen molar-refractivity contribution in [3.05, 3.63) is 21.6 Å². The zero-order chi connectivity index (χ0) is 15.6. The number of sulfonamides is 1. The van der Waals surface area contributed by atoms with Crippen LogP contribution in [0.1, 0.15) is 12.8 Å². The van der Waals surface area contributed by atoms with Crippen molar-refractivity contribution in [2.45, 2.75) is 17.7 Å². The standard InChI is InChI=1S/C13H17BrClNO4S/c1-20-13-11(14)6-10(15)7-12(13)21(18,19)16-4-2-9(8-16)3-5-17/h6-7,9,17H,2-5,8H2,1H3. The van der Waals surface area contributed by atoms with Crippen LogP contribution in [0.25, 0.3) is 0 Å². The van der Waals surface area contributed by atoms with Crippen molar-refractivity contribution in [1.29, 1.82) is 0 Å². The molecule has 1 unspecified atom stereocenters. The van der Waals surface area contributed by atoms with E-state index in [0.717, 1.165) is 6.42 Å². The zero-order valence-electron chi connectivity index (χ0n) is 11.6. The van der Waals surface area contributed by atoms with Gasteiger partial charge in [-0.05, 0) is 46.8 Å². The molecule has 1 saturated heterocycles. The van der Waals surface area contributed by atoms with E-state index in [-0.39, 0.29) is 23.2 Å². The normalized spacial score (nSPS) is 19.9. The Hall–Kier alpha value is -0.340. The second-order valence-corrected chi connectivity index (χ2v) is 8.15. The monoisotopic (exact) mass is 397 g/mol. The number of aliphatic hydroxyl groups is 1. The van der Waals surface area contributed by atoms with E-state index in [9.17, 15) is 8.42 Å². The van der Waals surface area contributed by atoms with E-state index in [4.69, 9.17) is 21.4 Å². The average molecular weight is 399 g/mol. The van der Waals surface area contributed by atoms with Gasteiger partial charge in [-0.3, -0.25) is 0 Å². The number of hydrogen-bond donors (Lipinski definition) is 1. The molecule has 2 rings (SSSR count). The molecule has 1 heterocycles. The molecule has 0 aromatic heterocycles. The predicted octanol–water partition coefficient (Wildman–Crippen LogP) is 2.50. The van der Waals surface area contributed by atoms with Crippen LogP contribution in [0, 0.1) is 5.92 Å². The summed E-state index contributed by atoms with van der Waals surface area (Å²) in [7, 11) is -2.24. The lowest BCUT2D eigenvalue weighted by atomic mass is 10.1. The highest BCUT2D eigenvalue weighted by Crippen LogP contribution is 2.38. The van der Waals surface area contributed by atoms with Gasteiger partial charge in [0.1, 0.15) is 4.90 Å². The Morgan fingerprint density at radius 1 is 1.52 bits per heavy atom. The fraction of sp³-hybridized carbons (Fsp3) is 0.538. The van der Waals surface area contributed by atoms with Gasteiger partial charge in [0.2, 0.25) is 10.0 Å². The molecule has 0 saturated carbocycles. The summed E-state index contributed by atoms with van der Waals surface area (Å²) in [5.74, 6) is 0.448. The van der Waals surface area contributed by atoms with Crippen molar-refractivity contribution in [3.8, 4) is 5.75 Å². The summed E-state index contributed by atoms with van der Waals surface area (Å²) in [4.78, 5) is 0.0639. The summed E-state index contributed by atoms with van der Waals surface area (Å²) in [5, 5.41) is 9.30. The molecule has 1 fully saturated rings. The largest absolute Gasteiger partial charge is 0.494 e. The van der Waals surface area contributed by atoms with E-state index in [1.165, 1.54) is 17.5 Å². The maximum Gasteiger partial charge on any atom is 0.246 e. The Kier molecular flexibility index (Phi) is 5.54. The highest BCUT2D eigenvalue weighted by Gasteiger charge is 2.34. The third-order valence-electron chi connectivity index (χ3n) is 3.58. The number of methoxy groups -OCH3 is 1. The first-order valence-corrected chi connectivity index (χ1v) is 9.15. The lowest BCUT2D eigenvalue weighted by Crippen LogP contribution is -2.29. The zero-order valence-corrected chi connectivity index (χ0v) is 14.7. The minimum absolute atomic E-state index is 0.0639. The maximum absolute atomic E-state index is 12.8. The quantitative estimate of drug-likeness (QED) is 0.827. The van der Waals surface area contributed by atoms with Gasteiger partial charge < -0.3 is 9.84 Å². The van der Waals surface area contributed by atoms with Gasteiger partial charge in [-0.25, -0.2) is 8.42 Å². The molecule has 1 aliphatic heterocycles. The number of benzene rings is 1. The van der Waals surface area contributed by atoms with Crippen LogP contribution >= 0.6 is 27.5 Å². The van der Waals surface area contributed by atoms with Crippen LogP contribution in [-0.4, -0.2) is 44.6 Å². The first-order chi connectivity index (χ1) is 9.90. The average Bonchev–Trinajstić information content (AvgIpc) is 2.87. The van der Waals surface area contributed by atoms with Crippen molar-refractivity contribution in [2.75, 3.05) is 26.8 Å². The minimum atomic E-state index is -3.67. The Bertz CT molecular complexity index is 623. The van der Waals surface area contributed by atoms with Crippen LogP contribution in [0.2, 0.25) is 5.02 Å². The molecule has 8 heteroatoms. The summed E-state index contributed by atoms with van der Waals surface area (Å²) in [6.07, 6.45) is 1.37. The molecule has 0 radical (unpaired) electrons. The Morgan fingerprint density at radius 3 is 2.86 bits per heavy atom. The summed E-state index contributed by atoms with van der Waals surface area (Å²) in [6, 6.07) is 3.00. The third kappa shape index (κ3) is 3.53. The molecule has 0 spiro atoms. The summed E-state index contributed by atoms with van der Waals surface area (Å²) >= 11 is 9.24. The fourth-order valence-corrected chi connectivity index (χ4v) is 5.40. The molecule has 118 valence electrons.